The highest BCUT2D eigenvalue weighted by atomic mass is 79.9. The molecule has 1 fully saturated rings. The van der Waals surface area contributed by atoms with E-state index in [0.29, 0.717) is 17.6 Å². The van der Waals surface area contributed by atoms with Gasteiger partial charge in [-0.25, -0.2) is 13.1 Å². The van der Waals surface area contributed by atoms with Crippen LogP contribution in [0.3, 0.4) is 0 Å². The van der Waals surface area contributed by atoms with Crippen molar-refractivity contribution in [2.45, 2.75) is 36.8 Å². The molecular formula is C13H19BrN2O3S. The fraction of sp³-hybridized carbons (Fsp3) is 0.538. The first-order valence-electron chi connectivity index (χ1n) is 6.48. The van der Waals surface area contributed by atoms with Crippen molar-refractivity contribution in [1.82, 2.24) is 4.72 Å². The maximum absolute atomic E-state index is 12.3. The Hall–Kier alpha value is -0.470. The Morgan fingerprint density at radius 1 is 1.50 bits per heavy atom. The van der Waals surface area contributed by atoms with Gasteiger partial charge in [0, 0.05) is 24.2 Å². The van der Waals surface area contributed by atoms with E-state index in [1.54, 1.807) is 18.2 Å². The minimum atomic E-state index is -3.56. The van der Waals surface area contributed by atoms with Crippen LogP contribution < -0.4 is 10.5 Å². The lowest BCUT2D eigenvalue weighted by molar-refractivity contribution is 0.0250. The quantitative estimate of drug-likeness (QED) is 0.835. The van der Waals surface area contributed by atoms with Gasteiger partial charge < -0.3 is 10.5 Å². The van der Waals surface area contributed by atoms with Gasteiger partial charge in [-0.3, -0.25) is 0 Å². The van der Waals surface area contributed by atoms with Gasteiger partial charge in [-0.05, 0) is 53.4 Å². The van der Waals surface area contributed by atoms with Gasteiger partial charge in [-0.15, -0.1) is 0 Å². The van der Waals surface area contributed by atoms with Crippen LogP contribution in [0.4, 0.5) is 0 Å². The lowest BCUT2D eigenvalue weighted by Crippen LogP contribution is -2.40. The van der Waals surface area contributed by atoms with E-state index in [0.717, 1.165) is 18.4 Å². The molecule has 112 valence electrons. The number of hydrogen-bond acceptors (Lipinski definition) is 4. The van der Waals surface area contributed by atoms with E-state index in [9.17, 15) is 8.42 Å². The number of nitrogens with two attached hydrogens (primary N) is 1. The van der Waals surface area contributed by atoms with Crippen LogP contribution in [0.1, 0.15) is 25.3 Å². The largest absolute Gasteiger partial charge is 0.374 e. The van der Waals surface area contributed by atoms with E-state index in [1.807, 2.05) is 6.92 Å². The summed E-state index contributed by atoms with van der Waals surface area (Å²) in [4.78, 5) is 0.219. The summed E-state index contributed by atoms with van der Waals surface area (Å²) in [5, 5.41) is 0. The van der Waals surface area contributed by atoms with E-state index in [4.69, 9.17) is 10.5 Å². The molecule has 0 radical (unpaired) electrons. The smallest absolute Gasteiger partial charge is 0.241 e. The molecule has 0 spiro atoms. The Morgan fingerprint density at radius 2 is 2.25 bits per heavy atom. The fourth-order valence-corrected chi connectivity index (χ4v) is 4.47. The molecule has 1 aromatic carbocycles. The van der Waals surface area contributed by atoms with Crippen molar-refractivity contribution in [2.24, 2.45) is 5.73 Å². The molecule has 1 saturated heterocycles. The predicted octanol–water partition coefficient (Wildman–Crippen LogP) is 1.76. The Bertz CT molecular complexity index is 583. The van der Waals surface area contributed by atoms with Crippen LogP contribution in [0.2, 0.25) is 0 Å². The van der Waals surface area contributed by atoms with Crippen LogP contribution in [0.5, 0.6) is 0 Å². The number of rotatable bonds is 5. The molecule has 2 rings (SSSR count). The van der Waals surface area contributed by atoms with Crippen molar-refractivity contribution in [3.63, 3.8) is 0 Å². The second kappa shape index (κ2) is 6.11. The van der Waals surface area contributed by atoms with E-state index >= 15 is 0 Å². The van der Waals surface area contributed by atoms with Gasteiger partial charge in [-0.2, -0.15) is 0 Å². The third kappa shape index (κ3) is 3.59. The molecule has 1 atom stereocenters. The molecule has 1 aliphatic heterocycles. The number of ether oxygens (including phenoxy) is 1. The standard InChI is InChI=1S/C13H19BrN2O3S/c1-13(5-2-6-19-13)9-16-20(17,18)12-4-3-10(8-15)7-11(12)14/h3-4,7,16H,2,5-6,8-9,15H2,1H3. The SMILES string of the molecule is CC1(CNS(=O)(=O)c2ccc(CN)cc2Br)CCCO1. The normalized spacial score (nSPS) is 23.1. The first-order valence-corrected chi connectivity index (χ1v) is 8.76. The van der Waals surface area contributed by atoms with Gasteiger partial charge in [0.1, 0.15) is 0 Å². The minimum absolute atomic E-state index is 0.219. The number of halogens is 1. The van der Waals surface area contributed by atoms with Crippen molar-refractivity contribution in [2.75, 3.05) is 13.2 Å². The topological polar surface area (TPSA) is 81.4 Å². The molecule has 1 aliphatic rings. The zero-order valence-electron chi connectivity index (χ0n) is 11.4. The van der Waals surface area contributed by atoms with Gasteiger partial charge in [0.25, 0.3) is 0 Å². The second-order valence-corrected chi connectivity index (χ2v) is 7.79. The highest BCUT2D eigenvalue weighted by molar-refractivity contribution is 9.10. The first-order chi connectivity index (χ1) is 9.36. The molecule has 0 aliphatic carbocycles. The number of hydrogen-bond donors (Lipinski definition) is 2. The van der Waals surface area contributed by atoms with Crippen molar-refractivity contribution in [3.05, 3.63) is 28.2 Å². The van der Waals surface area contributed by atoms with Crippen LogP contribution in [-0.4, -0.2) is 27.2 Å². The summed E-state index contributed by atoms with van der Waals surface area (Å²) >= 11 is 3.28. The van der Waals surface area contributed by atoms with E-state index in [1.165, 1.54) is 0 Å². The Labute approximate surface area is 128 Å². The molecule has 5 nitrogen and oxygen atoms in total. The highest BCUT2D eigenvalue weighted by Crippen LogP contribution is 2.26. The zero-order chi connectivity index (χ0) is 14.8. The van der Waals surface area contributed by atoms with Crippen LogP contribution >= 0.6 is 15.9 Å². The van der Waals surface area contributed by atoms with E-state index in [-0.39, 0.29) is 11.4 Å². The molecule has 7 heteroatoms. The van der Waals surface area contributed by atoms with Crippen LogP contribution in [0.25, 0.3) is 0 Å². The molecule has 1 aromatic rings. The average molecular weight is 363 g/mol. The summed E-state index contributed by atoms with van der Waals surface area (Å²) in [6.07, 6.45) is 1.83. The third-order valence-electron chi connectivity index (χ3n) is 3.46. The van der Waals surface area contributed by atoms with E-state index < -0.39 is 15.6 Å². The Morgan fingerprint density at radius 3 is 2.80 bits per heavy atom. The fourth-order valence-electron chi connectivity index (χ4n) is 2.19. The molecule has 0 amide bonds. The van der Waals surface area contributed by atoms with Gasteiger partial charge in [0.05, 0.1) is 10.5 Å². The summed E-state index contributed by atoms with van der Waals surface area (Å²) in [7, 11) is -3.56. The molecule has 1 heterocycles. The first kappa shape index (κ1) is 15.9. The molecule has 0 saturated carbocycles. The van der Waals surface area contributed by atoms with Crippen molar-refractivity contribution < 1.29 is 13.2 Å². The lowest BCUT2D eigenvalue weighted by Gasteiger charge is -2.23. The molecule has 3 N–H and O–H groups in total. The maximum Gasteiger partial charge on any atom is 0.241 e. The Kier molecular flexibility index (Phi) is 4.86. The zero-order valence-corrected chi connectivity index (χ0v) is 13.8. The average Bonchev–Trinajstić information content (AvgIpc) is 2.84. The predicted molar refractivity (Wildman–Crippen MR) is 80.8 cm³/mol. The summed E-state index contributed by atoms with van der Waals surface area (Å²) in [5.74, 6) is 0. The lowest BCUT2D eigenvalue weighted by atomic mass is 10.0. The van der Waals surface area contributed by atoms with Crippen molar-refractivity contribution in [3.8, 4) is 0 Å². The van der Waals surface area contributed by atoms with Crippen LogP contribution in [-0.2, 0) is 21.3 Å². The van der Waals surface area contributed by atoms with Gasteiger partial charge in [-0.1, -0.05) is 6.07 Å². The summed E-state index contributed by atoms with van der Waals surface area (Å²) in [6, 6.07) is 5.00. The van der Waals surface area contributed by atoms with Crippen LogP contribution in [0, 0.1) is 0 Å². The minimum Gasteiger partial charge on any atom is -0.374 e. The van der Waals surface area contributed by atoms with E-state index in [2.05, 4.69) is 20.7 Å². The monoisotopic (exact) mass is 362 g/mol. The van der Waals surface area contributed by atoms with Crippen molar-refractivity contribution >= 4 is 26.0 Å². The summed E-state index contributed by atoms with van der Waals surface area (Å²) in [6.45, 7) is 3.26. The highest BCUT2D eigenvalue weighted by Gasteiger charge is 2.31. The molecule has 0 aromatic heterocycles. The summed E-state index contributed by atoms with van der Waals surface area (Å²) in [5.41, 5.74) is 6.00. The molecular weight excluding hydrogens is 344 g/mol. The van der Waals surface area contributed by atoms with Crippen LogP contribution in [0.15, 0.2) is 27.6 Å². The third-order valence-corrected chi connectivity index (χ3v) is 5.84. The van der Waals surface area contributed by atoms with Gasteiger partial charge >= 0.3 is 0 Å². The van der Waals surface area contributed by atoms with Crippen molar-refractivity contribution in [1.29, 1.82) is 0 Å². The molecule has 0 bridgehead atoms. The van der Waals surface area contributed by atoms with Gasteiger partial charge in [0.2, 0.25) is 10.0 Å². The Balaban J connectivity index is 2.14. The number of sulfonamides is 1. The van der Waals surface area contributed by atoms with Gasteiger partial charge in [0.15, 0.2) is 0 Å². The second-order valence-electron chi connectivity index (χ2n) is 5.20. The number of nitrogens with one attached hydrogen (secondary N) is 1. The number of benzene rings is 1. The molecule has 1 unspecified atom stereocenters. The maximum atomic E-state index is 12.3. The molecule has 20 heavy (non-hydrogen) atoms. The summed E-state index contributed by atoms with van der Waals surface area (Å²) < 4.78 is 33.4.